The van der Waals surface area contributed by atoms with Gasteiger partial charge in [0.15, 0.2) is 0 Å². The molecular formula is C15H24N2O3S. The second kappa shape index (κ2) is 8.02. The Morgan fingerprint density at radius 3 is 2.43 bits per heavy atom. The van der Waals surface area contributed by atoms with Crippen molar-refractivity contribution < 1.29 is 14.7 Å². The van der Waals surface area contributed by atoms with E-state index >= 15 is 0 Å². The van der Waals surface area contributed by atoms with Crippen LogP contribution in [0.15, 0.2) is 11.4 Å². The number of carbonyl (C=O) groups is 2. The lowest BCUT2D eigenvalue weighted by Gasteiger charge is -2.26. The molecule has 0 atom stereocenters. The number of hydrogen-bond acceptors (Lipinski definition) is 3. The van der Waals surface area contributed by atoms with Gasteiger partial charge in [-0.25, -0.2) is 4.79 Å². The van der Waals surface area contributed by atoms with Gasteiger partial charge in [0.25, 0.3) is 0 Å². The molecule has 0 unspecified atom stereocenters. The van der Waals surface area contributed by atoms with Crippen molar-refractivity contribution >= 4 is 23.3 Å². The predicted octanol–water partition coefficient (Wildman–Crippen LogP) is 3.00. The van der Waals surface area contributed by atoms with E-state index in [0.717, 1.165) is 11.3 Å². The van der Waals surface area contributed by atoms with E-state index in [4.69, 9.17) is 0 Å². The number of aliphatic carboxylic acids is 1. The first-order valence-corrected chi connectivity index (χ1v) is 8.17. The molecule has 0 aliphatic heterocycles. The molecule has 1 rings (SSSR count). The van der Waals surface area contributed by atoms with Crippen molar-refractivity contribution in [1.29, 1.82) is 0 Å². The van der Waals surface area contributed by atoms with Gasteiger partial charge < -0.3 is 15.7 Å². The highest BCUT2D eigenvalue weighted by Crippen LogP contribution is 2.25. The van der Waals surface area contributed by atoms with Crippen LogP contribution in [0.1, 0.15) is 44.1 Å². The Kier molecular flexibility index (Phi) is 6.68. The summed E-state index contributed by atoms with van der Waals surface area (Å²) < 4.78 is 0. The molecule has 21 heavy (non-hydrogen) atoms. The molecule has 0 aliphatic rings. The van der Waals surface area contributed by atoms with Crippen LogP contribution in [0.4, 0.5) is 4.79 Å². The fourth-order valence-corrected chi connectivity index (χ4v) is 3.10. The molecule has 3 N–H and O–H groups in total. The van der Waals surface area contributed by atoms with Crippen molar-refractivity contribution in [2.24, 2.45) is 5.41 Å². The summed E-state index contributed by atoms with van der Waals surface area (Å²) in [7, 11) is 0. The van der Waals surface area contributed by atoms with Crippen molar-refractivity contribution in [2.45, 2.75) is 46.6 Å². The number of hydrogen-bond donors (Lipinski definition) is 3. The Morgan fingerprint density at radius 1 is 1.24 bits per heavy atom. The number of amides is 2. The van der Waals surface area contributed by atoms with Gasteiger partial charge in [0.1, 0.15) is 0 Å². The van der Waals surface area contributed by atoms with Crippen LogP contribution in [-0.2, 0) is 17.8 Å². The van der Waals surface area contributed by atoms with E-state index in [1.165, 1.54) is 5.56 Å². The average molecular weight is 312 g/mol. The molecular weight excluding hydrogens is 288 g/mol. The van der Waals surface area contributed by atoms with Gasteiger partial charge in [-0.3, -0.25) is 4.79 Å². The lowest BCUT2D eigenvalue weighted by Crippen LogP contribution is -2.45. The van der Waals surface area contributed by atoms with Gasteiger partial charge in [-0.05, 0) is 36.3 Å². The molecule has 6 heteroatoms. The molecule has 1 aromatic heterocycles. The maximum absolute atomic E-state index is 11.8. The summed E-state index contributed by atoms with van der Waals surface area (Å²) in [4.78, 5) is 24.3. The van der Waals surface area contributed by atoms with E-state index in [9.17, 15) is 14.7 Å². The summed E-state index contributed by atoms with van der Waals surface area (Å²) in [6.07, 6.45) is 1.92. The summed E-state index contributed by atoms with van der Waals surface area (Å²) in [6.45, 7) is 6.36. The van der Waals surface area contributed by atoms with Crippen LogP contribution >= 0.6 is 11.3 Å². The molecule has 1 aromatic rings. The number of thiophene rings is 1. The number of aryl methyl sites for hydroxylation is 1. The molecule has 0 saturated heterocycles. The van der Waals surface area contributed by atoms with Crippen LogP contribution in [0, 0.1) is 5.41 Å². The van der Waals surface area contributed by atoms with Crippen LogP contribution in [0.2, 0.25) is 0 Å². The number of nitrogens with one attached hydrogen (secondary N) is 2. The van der Waals surface area contributed by atoms with Gasteiger partial charge in [0.2, 0.25) is 0 Å². The largest absolute Gasteiger partial charge is 0.481 e. The first-order chi connectivity index (χ1) is 9.99. The predicted molar refractivity (Wildman–Crippen MR) is 84.6 cm³/mol. The Labute approximate surface area is 129 Å². The molecule has 5 nitrogen and oxygen atoms in total. The lowest BCUT2D eigenvalue weighted by atomic mass is 9.82. The quantitative estimate of drug-likeness (QED) is 0.690. The van der Waals surface area contributed by atoms with E-state index in [1.54, 1.807) is 11.3 Å². The highest BCUT2D eigenvalue weighted by Gasteiger charge is 2.35. The highest BCUT2D eigenvalue weighted by molar-refractivity contribution is 7.10. The molecule has 0 fully saturated rings. The lowest BCUT2D eigenvalue weighted by molar-refractivity contribution is -0.149. The van der Waals surface area contributed by atoms with Gasteiger partial charge >= 0.3 is 12.0 Å². The first kappa shape index (κ1) is 17.5. The smallest absolute Gasteiger partial charge is 0.315 e. The van der Waals surface area contributed by atoms with Crippen LogP contribution in [0.3, 0.4) is 0 Å². The Bertz CT molecular complexity index is 481. The molecule has 0 saturated carbocycles. The molecule has 0 aromatic carbocycles. The van der Waals surface area contributed by atoms with E-state index in [-0.39, 0.29) is 12.6 Å². The normalized spacial score (nSPS) is 11.2. The number of carboxylic acids is 1. The topological polar surface area (TPSA) is 78.4 Å². The fraction of sp³-hybridized carbons (Fsp3) is 0.600. The van der Waals surface area contributed by atoms with Crippen molar-refractivity contribution in [2.75, 3.05) is 6.54 Å². The standard InChI is InChI=1S/C15H24N2O3S/c1-4-11-7-8-21-12(11)9-16-14(20)17-10-15(5-2,6-3)13(18)19/h7-8H,4-6,9-10H2,1-3H3,(H,18,19)(H2,16,17,20). The van der Waals surface area contributed by atoms with Crippen molar-refractivity contribution in [3.63, 3.8) is 0 Å². The fourth-order valence-electron chi connectivity index (χ4n) is 2.19. The number of urea groups is 1. The van der Waals surface area contributed by atoms with Crippen molar-refractivity contribution in [3.05, 3.63) is 21.9 Å². The van der Waals surface area contributed by atoms with Crippen LogP contribution < -0.4 is 10.6 Å². The third-order valence-electron chi connectivity index (χ3n) is 4.02. The van der Waals surface area contributed by atoms with Gasteiger partial charge in [-0.2, -0.15) is 0 Å². The monoisotopic (exact) mass is 312 g/mol. The summed E-state index contributed by atoms with van der Waals surface area (Å²) in [5, 5.41) is 16.8. The van der Waals surface area contributed by atoms with Crippen LogP contribution in [-0.4, -0.2) is 23.7 Å². The summed E-state index contributed by atoms with van der Waals surface area (Å²) in [5.74, 6) is -0.862. The van der Waals surface area contributed by atoms with Gasteiger partial charge in [0, 0.05) is 11.4 Å². The Morgan fingerprint density at radius 2 is 1.90 bits per heavy atom. The molecule has 1 heterocycles. The minimum atomic E-state index is -0.880. The number of rotatable bonds is 8. The van der Waals surface area contributed by atoms with Crippen LogP contribution in [0.5, 0.6) is 0 Å². The third kappa shape index (κ3) is 4.46. The Hall–Kier alpha value is -1.56. The maximum Gasteiger partial charge on any atom is 0.315 e. The zero-order valence-electron chi connectivity index (χ0n) is 12.9. The minimum absolute atomic E-state index is 0.145. The molecule has 118 valence electrons. The van der Waals surface area contributed by atoms with E-state index in [2.05, 4.69) is 23.6 Å². The van der Waals surface area contributed by atoms with E-state index in [0.29, 0.717) is 19.4 Å². The third-order valence-corrected chi connectivity index (χ3v) is 4.99. The second-order valence-corrected chi connectivity index (χ2v) is 6.05. The average Bonchev–Trinajstić information content (AvgIpc) is 2.93. The van der Waals surface area contributed by atoms with E-state index in [1.807, 2.05) is 19.2 Å². The molecule has 0 aliphatic carbocycles. The maximum atomic E-state index is 11.8. The zero-order valence-corrected chi connectivity index (χ0v) is 13.7. The van der Waals surface area contributed by atoms with Gasteiger partial charge in [-0.15, -0.1) is 11.3 Å². The minimum Gasteiger partial charge on any atom is -0.481 e. The number of carbonyl (C=O) groups excluding carboxylic acids is 1. The van der Waals surface area contributed by atoms with Gasteiger partial charge in [0.05, 0.1) is 12.0 Å². The summed E-state index contributed by atoms with van der Waals surface area (Å²) in [6, 6.07) is 1.74. The van der Waals surface area contributed by atoms with Crippen molar-refractivity contribution in [3.8, 4) is 0 Å². The molecule has 0 bridgehead atoms. The van der Waals surface area contributed by atoms with Gasteiger partial charge in [-0.1, -0.05) is 20.8 Å². The number of carboxylic acid groups (broad SMARTS) is 1. The molecule has 2 amide bonds. The SMILES string of the molecule is CCc1ccsc1CNC(=O)NCC(CC)(CC)C(=O)O. The van der Waals surface area contributed by atoms with Crippen molar-refractivity contribution in [1.82, 2.24) is 10.6 Å². The summed E-state index contributed by atoms with van der Waals surface area (Å²) in [5.41, 5.74) is 0.358. The Balaban J connectivity index is 2.49. The molecule has 0 radical (unpaired) electrons. The second-order valence-electron chi connectivity index (χ2n) is 5.05. The first-order valence-electron chi connectivity index (χ1n) is 7.29. The molecule has 0 spiro atoms. The summed E-state index contributed by atoms with van der Waals surface area (Å²) >= 11 is 1.62. The van der Waals surface area contributed by atoms with E-state index < -0.39 is 11.4 Å². The van der Waals surface area contributed by atoms with Crippen LogP contribution in [0.25, 0.3) is 0 Å². The zero-order chi connectivity index (χ0) is 15.9. The highest BCUT2D eigenvalue weighted by atomic mass is 32.1.